The van der Waals surface area contributed by atoms with Gasteiger partial charge in [0.1, 0.15) is 5.69 Å². The zero-order valence-corrected chi connectivity index (χ0v) is 12.6. The van der Waals surface area contributed by atoms with Crippen LogP contribution in [0.5, 0.6) is 0 Å². The number of anilines is 1. The number of benzene rings is 2. The minimum absolute atomic E-state index is 0.114. The number of hydrazone groups is 1. The van der Waals surface area contributed by atoms with Crippen molar-refractivity contribution in [1.29, 1.82) is 0 Å². The van der Waals surface area contributed by atoms with E-state index in [1.54, 1.807) is 0 Å². The van der Waals surface area contributed by atoms with Crippen molar-refractivity contribution in [3.05, 3.63) is 69.2 Å². The smallest absolute Gasteiger partial charge is 0.294 e. The third-order valence-electron chi connectivity index (χ3n) is 2.73. The van der Waals surface area contributed by atoms with E-state index in [1.165, 1.54) is 18.2 Å². The lowest BCUT2D eigenvalue weighted by Crippen LogP contribution is -2.09. The Labute approximate surface area is 132 Å². The third-order valence-corrected chi connectivity index (χ3v) is 2.97. The van der Waals surface area contributed by atoms with Gasteiger partial charge in [0.2, 0.25) is 5.90 Å². The number of hydrogen-bond acceptors (Lipinski definition) is 5. The minimum atomic E-state index is -0.503. The topological polar surface area (TPSA) is 76.8 Å². The van der Waals surface area contributed by atoms with Crippen molar-refractivity contribution in [2.45, 2.75) is 6.92 Å². The van der Waals surface area contributed by atoms with Crippen molar-refractivity contribution < 1.29 is 9.66 Å². The van der Waals surface area contributed by atoms with Crippen molar-refractivity contribution in [3.8, 4) is 0 Å². The van der Waals surface area contributed by atoms with Crippen LogP contribution in [0.4, 0.5) is 11.4 Å². The molecule has 0 saturated carbocycles. The molecule has 0 heterocycles. The quantitative estimate of drug-likeness (QED) is 0.390. The molecule has 0 saturated heterocycles. The van der Waals surface area contributed by atoms with Crippen LogP contribution in [0.25, 0.3) is 0 Å². The van der Waals surface area contributed by atoms with Gasteiger partial charge in [-0.25, -0.2) is 0 Å². The molecule has 0 unspecified atom stereocenters. The van der Waals surface area contributed by atoms with Crippen LogP contribution in [0.15, 0.2) is 53.6 Å². The first-order chi connectivity index (χ1) is 10.6. The second-order valence-electron chi connectivity index (χ2n) is 4.25. The van der Waals surface area contributed by atoms with E-state index in [-0.39, 0.29) is 11.4 Å². The fraction of sp³-hybridized carbons (Fsp3) is 0.133. The zero-order valence-electron chi connectivity index (χ0n) is 11.8. The van der Waals surface area contributed by atoms with Crippen molar-refractivity contribution in [2.24, 2.45) is 5.10 Å². The highest BCUT2D eigenvalue weighted by atomic mass is 35.5. The maximum atomic E-state index is 11.0. The van der Waals surface area contributed by atoms with Gasteiger partial charge < -0.3 is 4.74 Å². The van der Waals surface area contributed by atoms with Crippen LogP contribution in [0.1, 0.15) is 12.5 Å². The molecule has 0 aliphatic rings. The van der Waals surface area contributed by atoms with Crippen LogP contribution in [-0.4, -0.2) is 17.4 Å². The highest BCUT2D eigenvalue weighted by molar-refractivity contribution is 6.31. The van der Waals surface area contributed by atoms with Crippen LogP contribution >= 0.6 is 11.6 Å². The summed E-state index contributed by atoms with van der Waals surface area (Å²) in [6, 6.07) is 13.5. The number of nitrogens with zero attached hydrogens (tertiary/aromatic N) is 2. The molecule has 0 radical (unpaired) electrons. The van der Waals surface area contributed by atoms with Gasteiger partial charge in [0.25, 0.3) is 5.69 Å². The van der Waals surface area contributed by atoms with Crippen molar-refractivity contribution in [3.63, 3.8) is 0 Å². The fourth-order valence-corrected chi connectivity index (χ4v) is 1.94. The van der Waals surface area contributed by atoms with Crippen LogP contribution in [0.2, 0.25) is 5.02 Å². The Bertz CT molecular complexity index is 690. The summed E-state index contributed by atoms with van der Waals surface area (Å²) in [4.78, 5) is 10.5. The molecule has 2 rings (SSSR count). The lowest BCUT2D eigenvalue weighted by molar-refractivity contribution is -0.384. The molecule has 7 heteroatoms. The van der Waals surface area contributed by atoms with E-state index in [0.717, 1.165) is 5.56 Å². The van der Waals surface area contributed by atoms with E-state index in [4.69, 9.17) is 16.3 Å². The maximum Gasteiger partial charge on any atom is 0.294 e. The Morgan fingerprint density at radius 1 is 1.32 bits per heavy atom. The highest BCUT2D eigenvalue weighted by Gasteiger charge is 2.14. The molecule has 0 spiro atoms. The molecular formula is C15H14ClN3O3. The van der Waals surface area contributed by atoms with E-state index in [0.29, 0.717) is 17.5 Å². The van der Waals surface area contributed by atoms with Crippen molar-refractivity contribution in [1.82, 2.24) is 0 Å². The number of hydrogen-bond donors (Lipinski definition) is 1. The number of halogens is 1. The van der Waals surface area contributed by atoms with Gasteiger partial charge >= 0.3 is 0 Å². The molecule has 0 aliphatic heterocycles. The SMILES string of the molecule is CCO/C(=N/Nc1cc(Cl)ccc1[N+](=O)[O-])c1ccccc1. The van der Waals surface area contributed by atoms with Crippen LogP contribution < -0.4 is 5.43 Å². The largest absolute Gasteiger partial charge is 0.477 e. The first-order valence-electron chi connectivity index (χ1n) is 6.57. The highest BCUT2D eigenvalue weighted by Crippen LogP contribution is 2.27. The summed E-state index contributed by atoms with van der Waals surface area (Å²) in [7, 11) is 0. The molecule has 2 aromatic carbocycles. The molecule has 0 aliphatic carbocycles. The lowest BCUT2D eigenvalue weighted by Gasteiger charge is -2.08. The van der Waals surface area contributed by atoms with Crippen LogP contribution in [0.3, 0.4) is 0 Å². The summed E-state index contributed by atoms with van der Waals surface area (Å²) < 4.78 is 5.47. The molecule has 22 heavy (non-hydrogen) atoms. The summed E-state index contributed by atoms with van der Waals surface area (Å²) in [6.07, 6.45) is 0. The molecule has 0 atom stereocenters. The third kappa shape index (κ3) is 3.95. The Hall–Kier alpha value is -2.60. The van der Waals surface area contributed by atoms with Gasteiger partial charge in [-0.3, -0.25) is 15.5 Å². The summed E-state index contributed by atoms with van der Waals surface area (Å²) in [5.41, 5.74) is 3.51. The number of nitro benzene ring substituents is 1. The number of nitro groups is 1. The summed E-state index contributed by atoms with van der Waals surface area (Å²) in [6.45, 7) is 2.26. The Balaban J connectivity index is 2.32. The van der Waals surface area contributed by atoms with E-state index < -0.39 is 4.92 Å². The fourth-order valence-electron chi connectivity index (χ4n) is 1.77. The van der Waals surface area contributed by atoms with Gasteiger partial charge in [-0.1, -0.05) is 29.8 Å². The summed E-state index contributed by atoms with van der Waals surface area (Å²) in [5.74, 6) is 0.345. The second-order valence-corrected chi connectivity index (χ2v) is 4.68. The average molecular weight is 320 g/mol. The first kappa shape index (κ1) is 15.8. The minimum Gasteiger partial charge on any atom is -0.477 e. The molecule has 2 aromatic rings. The van der Waals surface area contributed by atoms with E-state index in [2.05, 4.69) is 10.5 Å². The van der Waals surface area contributed by atoms with Gasteiger partial charge in [0, 0.05) is 16.7 Å². The van der Waals surface area contributed by atoms with Gasteiger partial charge in [-0.2, -0.15) is 0 Å². The summed E-state index contributed by atoms with van der Waals surface area (Å²) in [5, 5.41) is 15.5. The monoisotopic (exact) mass is 319 g/mol. The molecule has 6 nitrogen and oxygen atoms in total. The number of ether oxygens (including phenoxy) is 1. The summed E-state index contributed by atoms with van der Waals surface area (Å²) >= 11 is 5.87. The molecule has 114 valence electrons. The number of rotatable bonds is 5. The molecule has 1 N–H and O–H groups in total. The first-order valence-corrected chi connectivity index (χ1v) is 6.95. The van der Waals surface area contributed by atoms with E-state index in [9.17, 15) is 10.1 Å². The van der Waals surface area contributed by atoms with Crippen molar-refractivity contribution >= 4 is 28.9 Å². The zero-order chi connectivity index (χ0) is 15.9. The molecule has 0 amide bonds. The van der Waals surface area contributed by atoms with E-state index >= 15 is 0 Å². The van der Waals surface area contributed by atoms with Gasteiger partial charge in [0.15, 0.2) is 0 Å². The van der Waals surface area contributed by atoms with Gasteiger partial charge in [-0.05, 0) is 31.2 Å². The predicted molar refractivity (Wildman–Crippen MR) is 86.3 cm³/mol. The number of nitrogens with one attached hydrogen (secondary N) is 1. The molecule has 0 bridgehead atoms. The Morgan fingerprint density at radius 3 is 2.68 bits per heavy atom. The predicted octanol–water partition coefficient (Wildman–Crippen LogP) is 4.06. The van der Waals surface area contributed by atoms with Crippen LogP contribution in [-0.2, 0) is 4.74 Å². The Kier molecular flexibility index (Phi) is 5.32. The molecule has 0 aromatic heterocycles. The average Bonchev–Trinajstić information content (AvgIpc) is 2.52. The normalized spacial score (nSPS) is 11.1. The van der Waals surface area contributed by atoms with Gasteiger partial charge in [0.05, 0.1) is 11.5 Å². The second kappa shape index (κ2) is 7.42. The van der Waals surface area contributed by atoms with Gasteiger partial charge in [-0.15, -0.1) is 5.10 Å². The van der Waals surface area contributed by atoms with Crippen LogP contribution in [0, 0.1) is 10.1 Å². The van der Waals surface area contributed by atoms with Crippen molar-refractivity contribution in [2.75, 3.05) is 12.0 Å². The lowest BCUT2D eigenvalue weighted by atomic mass is 10.2. The standard InChI is InChI=1S/C15H14ClN3O3/c1-2-22-15(11-6-4-3-5-7-11)18-17-13-10-12(16)8-9-14(13)19(20)21/h3-10,17H,2H2,1H3/b18-15+. The Morgan fingerprint density at radius 2 is 2.05 bits per heavy atom. The molecule has 0 fully saturated rings. The molecular weight excluding hydrogens is 306 g/mol. The maximum absolute atomic E-state index is 11.0. The van der Waals surface area contributed by atoms with E-state index in [1.807, 2.05) is 37.3 Å².